The van der Waals surface area contributed by atoms with Crippen molar-refractivity contribution in [3.8, 4) is 0 Å². The van der Waals surface area contributed by atoms with Gasteiger partial charge in [0.1, 0.15) is 0 Å². The minimum atomic E-state index is 0.231. The van der Waals surface area contributed by atoms with Crippen molar-refractivity contribution in [2.24, 2.45) is 5.92 Å². The van der Waals surface area contributed by atoms with Gasteiger partial charge in [0.15, 0.2) is 5.78 Å². The molecule has 0 saturated heterocycles. The summed E-state index contributed by atoms with van der Waals surface area (Å²) in [6, 6.07) is 0. The first-order valence-electron chi connectivity index (χ1n) is 4.76. The van der Waals surface area contributed by atoms with Crippen LogP contribution in [-0.4, -0.2) is 17.3 Å². The van der Waals surface area contributed by atoms with Gasteiger partial charge in [0, 0.05) is 0 Å². The average Bonchev–Trinajstić information content (AvgIpc) is 2.19. The Labute approximate surface area is 83.3 Å². The van der Waals surface area contributed by atoms with Gasteiger partial charge in [-0.25, -0.2) is 0 Å². The Kier molecular flexibility index (Phi) is 2.58. The molecule has 0 aromatic carbocycles. The Morgan fingerprint density at radius 2 is 2.31 bits per heavy atom. The third-order valence-corrected chi connectivity index (χ3v) is 3.93. The van der Waals surface area contributed by atoms with E-state index in [0.29, 0.717) is 11.7 Å². The van der Waals surface area contributed by atoms with Crippen molar-refractivity contribution in [2.45, 2.75) is 24.5 Å². The summed E-state index contributed by atoms with van der Waals surface area (Å²) in [5.41, 5.74) is 1.08. The summed E-state index contributed by atoms with van der Waals surface area (Å²) in [6.07, 6.45) is 11.6. The van der Waals surface area contributed by atoms with Crippen LogP contribution in [0.1, 0.15) is 19.3 Å². The quantitative estimate of drug-likeness (QED) is 0.638. The molecule has 70 valence electrons. The van der Waals surface area contributed by atoms with Crippen LogP contribution in [0.2, 0.25) is 0 Å². The van der Waals surface area contributed by atoms with Crippen LogP contribution in [0.4, 0.5) is 0 Å². The largest absolute Gasteiger partial charge is 0.293 e. The van der Waals surface area contributed by atoms with E-state index < -0.39 is 0 Å². The van der Waals surface area contributed by atoms with Gasteiger partial charge in [-0.15, -0.1) is 0 Å². The molecule has 0 bridgehead atoms. The lowest BCUT2D eigenvalue weighted by molar-refractivity contribution is -0.116. The Morgan fingerprint density at radius 1 is 1.46 bits per heavy atom. The van der Waals surface area contributed by atoms with E-state index in [1.54, 1.807) is 11.8 Å². The van der Waals surface area contributed by atoms with Crippen molar-refractivity contribution < 1.29 is 4.79 Å². The number of hydrogen-bond acceptors (Lipinski definition) is 2. The SMILES string of the molecule is CSC1CCC2CC=CC=C2C1=O. The molecule has 0 N–H and O–H groups in total. The van der Waals surface area contributed by atoms with Crippen LogP contribution in [0.25, 0.3) is 0 Å². The fourth-order valence-electron chi connectivity index (χ4n) is 2.13. The number of carbonyl (C=O) groups excluding carboxylic acids is 1. The normalized spacial score (nSPS) is 32.7. The second-order valence-corrected chi connectivity index (χ2v) is 4.69. The maximum Gasteiger partial charge on any atom is 0.172 e. The number of thioether (sulfide) groups is 1. The standard InChI is InChI=1S/C11H14OS/c1-13-10-7-6-8-4-2-3-5-9(8)11(10)12/h2-3,5,8,10H,4,6-7H2,1H3. The van der Waals surface area contributed by atoms with Crippen LogP contribution < -0.4 is 0 Å². The highest BCUT2D eigenvalue weighted by molar-refractivity contribution is 7.99. The van der Waals surface area contributed by atoms with Gasteiger partial charge in [-0.05, 0) is 37.0 Å². The van der Waals surface area contributed by atoms with Crippen LogP contribution in [0.5, 0.6) is 0 Å². The molecule has 2 rings (SSSR count). The maximum absolute atomic E-state index is 11.9. The van der Waals surface area contributed by atoms with Crippen LogP contribution >= 0.6 is 11.8 Å². The number of hydrogen-bond donors (Lipinski definition) is 0. The number of Topliss-reactive ketones (excluding diaryl/α,β-unsaturated/α-hetero) is 1. The number of carbonyl (C=O) groups is 1. The van der Waals surface area contributed by atoms with Gasteiger partial charge in [-0.2, -0.15) is 11.8 Å². The molecular weight excluding hydrogens is 180 g/mol. The molecule has 1 saturated carbocycles. The topological polar surface area (TPSA) is 17.1 Å². The van der Waals surface area contributed by atoms with Gasteiger partial charge in [-0.3, -0.25) is 4.79 Å². The number of allylic oxidation sites excluding steroid dienone is 4. The van der Waals surface area contributed by atoms with E-state index in [2.05, 4.69) is 6.08 Å². The molecule has 2 aliphatic carbocycles. The van der Waals surface area contributed by atoms with E-state index in [0.717, 1.165) is 18.4 Å². The Morgan fingerprint density at radius 3 is 3.08 bits per heavy atom. The molecule has 13 heavy (non-hydrogen) atoms. The van der Waals surface area contributed by atoms with Gasteiger partial charge >= 0.3 is 0 Å². The molecule has 0 aliphatic heterocycles. The number of ketones is 1. The lowest BCUT2D eigenvalue weighted by atomic mass is 9.79. The molecule has 1 nitrogen and oxygen atoms in total. The van der Waals surface area contributed by atoms with Crippen molar-refractivity contribution in [2.75, 3.05) is 6.26 Å². The van der Waals surface area contributed by atoms with E-state index in [4.69, 9.17) is 0 Å². The van der Waals surface area contributed by atoms with E-state index in [-0.39, 0.29) is 5.25 Å². The lowest BCUT2D eigenvalue weighted by Crippen LogP contribution is -2.30. The average molecular weight is 194 g/mol. The van der Waals surface area contributed by atoms with Crippen molar-refractivity contribution in [3.63, 3.8) is 0 Å². The van der Waals surface area contributed by atoms with E-state index >= 15 is 0 Å². The Hall–Kier alpha value is -0.500. The summed E-state index contributed by atoms with van der Waals surface area (Å²) in [7, 11) is 0. The Balaban J connectivity index is 2.22. The number of fused-ring (bicyclic) bond motifs is 1. The highest BCUT2D eigenvalue weighted by atomic mass is 32.2. The van der Waals surface area contributed by atoms with E-state index in [1.165, 1.54) is 6.42 Å². The molecule has 0 heterocycles. The molecular formula is C11H14OS. The minimum absolute atomic E-state index is 0.231. The zero-order valence-electron chi connectivity index (χ0n) is 7.82. The molecule has 1 fully saturated rings. The maximum atomic E-state index is 11.9. The molecule has 0 radical (unpaired) electrons. The fraction of sp³-hybridized carbons (Fsp3) is 0.545. The summed E-state index contributed by atoms with van der Waals surface area (Å²) in [5.74, 6) is 0.911. The summed E-state index contributed by atoms with van der Waals surface area (Å²) in [4.78, 5) is 11.9. The van der Waals surface area contributed by atoms with Crippen LogP contribution in [0.3, 0.4) is 0 Å². The molecule has 2 aliphatic rings. The molecule has 0 amide bonds. The van der Waals surface area contributed by atoms with Crippen molar-refractivity contribution in [3.05, 3.63) is 23.8 Å². The second kappa shape index (κ2) is 3.70. The van der Waals surface area contributed by atoms with Gasteiger partial charge in [0.05, 0.1) is 5.25 Å². The van der Waals surface area contributed by atoms with Crippen molar-refractivity contribution >= 4 is 17.5 Å². The first-order chi connectivity index (χ1) is 6.33. The third kappa shape index (κ3) is 1.60. The van der Waals surface area contributed by atoms with Crippen molar-refractivity contribution in [1.82, 2.24) is 0 Å². The predicted octanol–water partition coefficient (Wildman–Crippen LogP) is 2.58. The van der Waals surface area contributed by atoms with Gasteiger partial charge in [-0.1, -0.05) is 18.2 Å². The summed E-state index contributed by atoms with van der Waals surface area (Å²) >= 11 is 1.70. The van der Waals surface area contributed by atoms with E-state index in [1.807, 2.05) is 18.4 Å². The first-order valence-corrected chi connectivity index (χ1v) is 6.05. The smallest absolute Gasteiger partial charge is 0.172 e. The highest BCUT2D eigenvalue weighted by Gasteiger charge is 2.32. The Bertz CT molecular complexity index is 278. The van der Waals surface area contributed by atoms with Crippen LogP contribution in [-0.2, 0) is 4.79 Å². The zero-order valence-corrected chi connectivity index (χ0v) is 8.64. The predicted molar refractivity (Wildman–Crippen MR) is 56.9 cm³/mol. The summed E-state index contributed by atoms with van der Waals surface area (Å²) in [6.45, 7) is 0. The first kappa shape index (κ1) is 9.07. The molecule has 0 aromatic heterocycles. The molecule has 2 heteroatoms. The van der Waals surface area contributed by atoms with Crippen LogP contribution in [0.15, 0.2) is 23.8 Å². The van der Waals surface area contributed by atoms with Gasteiger partial charge in [0.2, 0.25) is 0 Å². The summed E-state index contributed by atoms with van der Waals surface area (Å²) in [5, 5.41) is 0.231. The minimum Gasteiger partial charge on any atom is -0.293 e. The second-order valence-electron chi connectivity index (χ2n) is 3.65. The number of rotatable bonds is 1. The molecule has 0 aromatic rings. The summed E-state index contributed by atoms with van der Waals surface area (Å²) < 4.78 is 0. The lowest BCUT2D eigenvalue weighted by Gasteiger charge is -2.29. The molecule has 2 atom stereocenters. The fourth-order valence-corrected chi connectivity index (χ4v) is 2.85. The van der Waals surface area contributed by atoms with E-state index in [9.17, 15) is 4.79 Å². The highest BCUT2D eigenvalue weighted by Crippen LogP contribution is 2.35. The van der Waals surface area contributed by atoms with Crippen molar-refractivity contribution in [1.29, 1.82) is 0 Å². The molecule has 2 unspecified atom stereocenters. The monoisotopic (exact) mass is 194 g/mol. The third-order valence-electron chi connectivity index (χ3n) is 2.91. The zero-order chi connectivity index (χ0) is 9.26. The van der Waals surface area contributed by atoms with Gasteiger partial charge < -0.3 is 0 Å². The molecule has 0 spiro atoms. The van der Waals surface area contributed by atoms with Gasteiger partial charge in [0.25, 0.3) is 0 Å². The van der Waals surface area contributed by atoms with Crippen LogP contribution in [0, 0.1) is 5.92 Å².